The molecular weight excluding hydrogens is 148 g/mol. The van der Waals surface area contributed by atoms with Gasteiger partial charge in [-0.3, -0.25) is 0 Å². The summed E-state index contributed by atoms with van der Waals surface area (Å²) in [4.78, 5) is 10.6. The lowest BCUT2D eigenvalue weighted by atomic mass is 10.4. The summed E-state index contributed by atoms with van der Waals surface area (Å²) in [5, 5.41) is 17.0. The van der Waals surface area contributed by atoms with Crippen LogP contribution in [-0.2, 0) is 9.53 Å². The van der Waals surface area contributed by atoms with Crippen LogP contribution in [0.2, 0.25) is 0 Å². The summed E-state index contributed by atoms with van der Waals surface area (Å²) in [7, 11) is 0. The van der Waals surface area contributed by atoms with Gasteiger partial charge in [-0.25, -0.2) is 4.79 Å². The maximum atomic E-state index is 10.6. The largest absolute Gasteiger partial charge is 0.459 e. The summed E-state index contributed by atoms with van der Waals surface area (Å²) in [6, 6.07) is 0. The normalized spacial score (nSPS) is 13.4. The van der Waals surface area contributed by atoms with Crippen LogP contribution in [0.15, 0.2) is 12.2 Å². The van der Waals surface area contributed by atoms with E-state index in [9.17, 15) is 4.79 Å². The van der Waals surface area contributed by atoms with Gasteiger partial charge in [0.15, 0.2) is 6.10 Å². The first-order valence-corrected chi connectivity index (χ1v) is 3.29. The second-order valence-corrected chi connectivity index (χ2v) is 1.90. The molecule has 1 atom stereocenters. The highest BCUT2D eigenvalue weighted by atomic mass is 16.5. The van der Waals surface area contributed by atoms with Crippen molar-refractivity contribution < 1.29 is 19.7 Å². The Kier molecular flexibility index (Phi) is 5.42. The third-order valence-corrected chi connectivity index (χ3v) is 1.00. The average Bonchev–Trinajstić information content (AvgIpc) is 2.03. The Balaban J connectivity index is 3.52. The van der Waals surface area contributed by atoms with Crippen molar-refractivity contribution in [1.82, 2.24) is 0 Å². The number of hydrogen-bond donors (Lipinski definition) is 2. The lowest BCUT2D eigenvalue weighted by Gasteiger charge is -2.04. The Hall–Kier alpha value is -0.870. The van der Waals surface area contributed by atoms with E-state index in [1.165, 1.54) is 0 Å². The van der Waals surface area contributed by atoms with Gasteiger partial charge in [-0.1, -0.05) is 12.2 Å². The molecule has 4 heteroatoms. The van der Waals surface area contributed by atoms with Crippen LogP contribution in [0.4, 0.5) is 0 Å². The quantitative estimate of drug-likeness (QED) is 0.428. The molecule has 1 unspecified atom stereocenters. The predicted molar refractivity (Wildman–Crippen MR) is 38.9 cm³/mol. The Morgan fingerprint density at radius 2 is 2.36 bits per heavy atom. The highest BCUT2D eigenvalue weighted by Crippen LogP contribution is 1.87. The van der Waals surface area contributed by atoms with Crippen molar-refractivity contribution in [3.8, 4) is 0 Å². The molecule has 11 heavy (non-hydrogen) atoms. The van der Waals surface area contributed by atoms with Crippen molar-refractivity contribution in [2.24, 2.45) is 0 Å². The fraction of sp³-hybridized carbons (Fsp3) is 0.571. The van der Waals surface area contributed by atoms with Crippen LogP contribution in [-0.4, -0.2) is 35.5 Å². The van der Waals surface area contributed by atoms with Crippen LogP contribution in [0.5, 0.6) is 0 Å². The number of ether oxygens (including phenoxy) is 1. The van der Waals surface area contributed by atoms with Crippen molar-refractivity contribution in [2.75, 3.05) is 13.2 Å². The highest BCUT2D eigenvalue weighted by Gasteiger charge is 2.13. The van der Waals surface area contributed by atoms with Gasteiger partial charge in [0.25, 0.3) is 0 Å². The highest BCUT2D eigenvalue weighted by molar-refractivity contribution is 5.74. The Bertz CT molecular complexity index is 141. The lowest BCUT2D eigenvalue weighted by Crippen LogP contribution is -2.26. The minimum absolute atomic E-state index is 0.131. The van der Waals surface area contributed by atoms with E-state index in [-0.39, 0.29) is 6.61 Å². The van der Waals surface area contributed by atoms with Gasteiger partial charge in [0.2, 0.25) is 0 Å². The third-order valence-electron chi connectivity index (χ3n) is 1.00. The third kappa shape index (κ3) is 4.52. The molecule has 0 bridgehead atoms. The fourth-order valence-electron chi connectivity index (χ4n) is 0.397. The number of allylic oxidation sites excluding steroid dienone is 1. The number of aliphatic hydroxyl groups excluding tert-OH is 2. The molecule has 0 aromatic carbocycles. The zero-order chi connectivity index (χ0) is 8.69. The molecule has 4 nitrogen and oxygen atoms in total. The van der Waals surface area contributed by atoms with Gasteiger partial charge in [0.05, 0.1) is 6.61 Å². The van der Waals surface area contributed by atoms with E-state index in [1.54, 1.807) is 19.1 Å². The number of hydrogen-bond acceptors (Lipinski definition) is 4. The van der Waals surface area contributed by atoms with E-state index in [0.717, 1.165) is 0 Å². The lowest BCUT2D eigenvalue weighted by molar-refractivity contribution is -0.154. The van der Waals surface area contributed by atoms with Crippen LogP contribution in [0.25, 0.3) is 0 Å². The molecule has 0 heterocycles. The van der Waals surface area contributed by atoms with Crippen LogP contribution in [0.3, 0.4) is 0 Å². The van der Waals surface area contributed by atoms with Crippen LogP contribution >= 0.6 is 0 Å². The van der Waals surface area contributed by atoms with Gasteiger partial charge >= 0.3 is 5.97 Å². The number of rotatable bonds is 4. The minimum Gasteiger partial charge on any atom is -0.459 e. The second kappa shape index (κ2) is 5.88. The molecule has 0 aromatic rings. The van der Waals surface area contributed by atoms with Crippen LogP contribution in [0.1, 0.15) is 6.92 Å². The molecule has 0 amide bonds. The first-order valence-electron chi connectivity index (χ1n) is 3.29. The van der Waals surface area contributed by atoms with Gasteiger partial charge in [-0.15, -0.1) is 0 Å². The minimum atomic E-state index is -1.42. The van der Waals surface area contributed by atoms with Gasteiger partial charge in [0.1, 0.15) is 6.61 Å². The summed E-state index contributed by atoms with van der Waals surface area (Å²) in [5.41, 5.74) is 0. The molecule has 64 valence electrons. The molecule has 0 fully saturated rings. The molecule has 0 aliphatic carbocycles. The van der Waals surface area contributed by atoms with E-state index in [4.69, 9.17) is 10.2 Å². The molecule has 0 saturated carbocycles. The second-order valence-electron chi connectivity index (χ2n) is 1.90. The molecule has 0 aliphatic rings. The predicted octanol–water partition coefficient (Wildman–Crippen LogP) is -0.541. The molecule has 0 aromatic heterocycles. The molecular formula is C7H12O4. The molecule has 0 spiro atoms. The molecule has 0 radical (unpaired) electrons. The van der Waals surface area contributed by atoms with Crippen molar-refractivity contribution >= 4 is 5.97 Å². The number of esters is 1. The van der Waals surface area contributed by atoms with Crippen LogP contribution < -0.4 is 0 Å². The van der Waals surface area contributed by atoms with Gasteiger partial charge < -0.3 is 14.9 Å². The SMILES string of the molecule is CC=CCOC(=O)C(O)CO. The van der Waals surface area contributed by atoms with Gasteiger partial charge in [-0.05, 0) is 6.92 Å². The summed E-state index contributed by atoms with van der Waals surface area (Å²) >= 11 is 0. The Labute approximate surface area is 65.1 Å². The zero-order valence-electron chi connectivity index (χ0n) is 6.36. The zero-order valence-corrected chi connectivity index (χ0v) is 6.36. The summed E-state index contributed by atoms with van der Waals surface area (Å²) in [6.45, 7) is 1.32. The summed E-state index contributed by atoms with van der Waals surface area (Å²) < 4.78 is 4.50. The van der Waals surface area contributed by atoms with E-state index >= 15 is 0 Å². The smallest absolute Gasteiger partial charge is 0.337 e. The van der Waals surface area contributed by atoms with E-state index in [1.807, 2.05) is 0 Å². The Morgan fingerprint density at radius 1 is 1.73 bits per heavy atom. The van der Waals surface area contributed by atoms with Gasteiger partial charge in [0, 0.05) is 0 Å². The molecule has 0 rings (SSSR count). The summed E-state index contributed by atoms with van der Waals surface area (Å²) in [6.07, 6.45) is 1.93. The standard InChI is InChI=1S/C7H12O4/c1-2-3-4-11-7(10)6(9)5-8/h2-3,6,8-9H,4-5H2,1H3. The van der Waals surface area contributed by atoms with Crippen molar-refractivity contribution in [3.63, 3.8) is 0 Å². The van der Waals surface area contributed by atoms with Crippen molar-refractivity contribution in [3.05, 3.63) is 12.2 Å². The molecule has 0 aliphatic heterocycles. The maximum absolute atomic E-state index is 10.6. The van der Waals surface area contributed by atoms with Crippen molar-refractivity contribution in [1.29, 1.82) is 0 Å². The summed E-state index contributed by atoms with van der Waals surface area (Å²) in [5.74, 6) is -0.800. The van der Waals surface area contributed by atoms with E-state index in [2.05, 4.69) is 4.74 Å². The van der Waals surface area contributed by atoms with Gasteiger partial charge in [-0.2, -0.15) is 0 Å². The van der Waals surface area contributed by atoms with E-state index in [0.29, 0.717) is 0 Å². The number of aliphatic hydroxyl groups is 2. The fourth-order valence-corrected chi connectivity index (χ4v) is 0.397. The van der Waals surface area contributed by atoms with Crippen LogP contribution in [0, 0.1) is 0 Å². The van der Waals surface area contributed by atoms with Crippen molar-refractivity contribution in [2.45, 2.75) is 13.0 Å². The first kappa shape index (κ1) is 10.1. The Morgan fingerprint density at radius 3 is 2.82 bits per heavy atom. The topological polar surface area (TPSA) is 66.8 Å². The maximum Gasteiger partial charge on any atom is 0.337 e. The van der Waals surface area contributed by atoms with E-state index < -0.39 is 18.7 Å². The first-order chi connectivity index (χ1) is 5.22. The molecule has 2 N–H and O–H groups in total. The monoisotopic (exact) mass is 160 g/mol. The average molecular weight is 160 g/mol. The number of carbonyl (C=O) groups excluding carboxylic acids is 1. The number of carbonyl (C=O) groups is 1. The molecule has 0 saturated heterocycles.